The summed E-state index contributed by atoms with van der Waals surface area (Å²) in [5.41, 5.74) is 2.58. The molecule has 0 bridgehead atoms. The van der Waals surface area contributed by atoms with Crippen molar-refractivity contribution in [1.29, 1.82) is 0 Å². The molecule has 0 aliphatic carbocycles. The summed E-state index contributed by atoms with van der Waals surface area (Å²) in [5.74, 6) is 0.927. The van der Waals surface area contributed by atoms with Crippen LogP contribution < -0.4 is 10.2 Å². The van der Waals surface area contributed by atoms with Crippen molar-refractivity contribution >= 4 is 11.6 Å². The molecule has 0 saturated carbocycles. The fourth-order valence-corrected chi connectivity index (χ4v) is 2.91. The molecule has 1 aliphatic rings. The summed E-state index contributed by atoms with van der Waals surface area (Å²) in [6, 6.07) is 8.57. The second-order valence-corrected chi connectivity index (χ2v) is 5.98. The Kier molecular flexibility index (Phi) is 7.62. The van der Waals surface area contributed by atoms with Crippen molar-refractivity contribution in [3.8, 4) is 0 Å². The van der Waals surface area contributed by atoms with Gasteiger partial charge < -0.3 is 19.9 Å². The topological polar surface area (TPSA) is 40.1 Å². The summed E-state index contributed by atoms with van der Waals surface area (Å²) in [6.45, 7) is 9.02. The van der Waals surface area contributed by atoms with Crippen molar-refractivity contribution in [2.24, 2.45) is 4.99 Å². The average Bonchev–Trinajstić information content (AvgIpc) is 2.63. The number of benzene rings is 1. The van der Waals surface area contributed by atoms with E-state index in [0.717, 1.165) is 58.2 Å². The molecule has 0 amide bonds. The molecule has 1 fully saturated rings. The normalized spacial score (nSPS) is 15.2. The number of morpholine rings is 1. The molecule has 24 heavy (non-hydrogen) atoms. The molecule has 0 unspecified atom stereocenters. The third-order valence-electron chi connectivity index (χ3n) is 4.26. The highest BCUT2D eigenvalue weighted by Crippen LogP contribution is 2.21. The Morgan fingerprint density at radius 1 is 1.38 bits per heavy atom. The second-order valence-electron chi connectivity index (χ2n) is 5.98. The fraction of sp³-hybridized carbons (Fsp3) is 0.526. The van der Waals surface area contributed by atoms with Crippen LogP contribution in [0.2, 0.25) is 0 Å². The SMILES string of the molecule is C=CCCCN(C)C(=NC)NCc1ccccc1N1CCOCC1. The monoisotopic (exact) mass is 330 g/mol. The average molecular weight is 330 g/mol. The van der Waals surface area contributed by atoms with Crippen LogP contribution in [0.4, 0.5) is 5.69 Å². The number of para-hydroxylation sites is 1. The van der Waals surface area contributed by atoms with Crippen molar-refractivity contribution in [2.45, 2.75) is 19.4 Å². The lowest BCUT2D eigenvalue weighted by Gasteiger charge is -2.31. The van der Waals surface area contributed by atoms with E-state index in [9.17, 15) is 0 Å². The van der Waals surface area contributed by atoms with E-state index in [0.29, 0.717) is 0 Å². The lowest BCUT2D eigenvalue weighted by atomic mass is 10.1. The zero-order valence-corrected chi connectivity index (χ0v) is 15.0. The number of hydrogen-bond donors (Lipinski definition) is 1. The number of ether oxygens (including phenoxy) is 1. The van der Waals surface area contributed by atoms with Gasteiger partial charge in [-0.25, -0.2) is 0 Å². The molecule has 2 rings (SSSR count). The zero-order chi connectivity index (χ0) is 17.2. The van der Waals surface area contributed by atoms with Crippen LogP contribution in [0.25, 0.3) is 0 Å². The molecule has 0 aromatic heterocycles. The highest BCUT2D eigenvalue weighted by Gasteiger charge is 2.14. The van der Waals surface area contributed by atoms with E-state index < -0.39 is 0 Å². The van der Waals surface area contributed by atoms with Crippen LogP contribution in [0.1, 0.15) is 18.4 Å². The minimum absolute atomic E-state index is 0.770. The summed E-state index contributed by atoms with van der Waals surface area (Å²) in [5, 5.41) is 3.48. The van der Waals surface area contributed by atoms with Gasteiger partial charge in [0, 0.05) is 46.0 Å². The Morgan fingerprint density at radius 3 is 2.83 bits per heavy atom. The number of nitrogens with one attached hydrogen (secondary N) is 1. The smallest absolute Gasteiger partial charge is 0.193 e. The first kappa shape index (κ1) is 18.3. The molecule has 1 aromatic carbocycles. The molecule has 1 aliphatic heterocycles. The fourth-order valence-electron chi connectivity index (χ4n) is 2.91. The zero-order valence-electron chi connectivity index (χ0n) is 15.0. The number of rotatable bonds is 7. The van der Waals surface area contributed by atoms with Crippen LogP contribution in [-0.2, 0) is 11.3 Å². The largest absolute Gasteiger partial charge is 0.378 e. The van der Waals surface area contributed by atoms with E-state index in [1.165, 1.54) is 11.3 Å². The van der Waals surface area contributed by atoms with Crippen molar-refractivity contribution in [3.63, 3.8) is 0 Å². The van der Waals surface area contributed by atoms with Crippen LogP contribution in [0.15, 0.2) is 41.9 Å². The van der Waals surface area contributed by atoms with Crippen molar-refractivity contribution < 1.29 is 4.74 Å². The predicted octanol–water partition coefficient (Wildman–Crippen LogP) is 2.50. The van der Waals surface area contributed by atoms with Crippen LogP contribution >= 0.6 is 0 Å². The third kappa shape index (κ3) is 5.27. The quantitative estimate of drug-likeness (QED) is 0.361. The Morgan fingerprint density at radius 2 is 2.12 bits per heavy atom. The first-order valence-corrected chi connectivity index (χ1v) is 8.69. The number of allylic oxidation sites excluding steroid dienone is 1. The van der Waals surface area contributed by atoms with Gasteiger partial charge in [0.15, 0.2) is 5.96 Å². The maximum atomic E-state index is 5.46. The highest BCUT2D eigenvalue weighted by atomic mass is 16.5. The summed E-state index contributed by atoms with van der Waals surface area (Å²) >= 11 is 0. The number of guanidine groups is 1. The minimum atomic E-state index is 0.770. The molecule has 1 N–H and O–H groups in total. The van der Waals surface area contributed by atoms with Crippen molar-refractivity contribution in [1.82, 2.24) is 10.2 Å². The van der Waals surface area contributed by atoms with Gasteiger partial charge in [0.25, 0.3) is 0 Å². The molecule has 1 saturated heterocycles. The summed E-state index contributed by atoms with van der Waals surface area (Å²) in [6.07, 6.45) is 4.08. The van der Waals surface area contributed by atoms with Crippen LogP contribution in [0, 0.1) is 0 Å². The van der Waals surface area contributed by atoms with Gasteiger partial charge in [0.2, 0.25) is 0 Å². The Balaban J connectivity index is 1.96. The highest BCUT2D eigenvalue weighted by molar-refractivity contribution is 5.79. The lowest BCUT2D eigenvalue weighted by Crippen LogP contribution is -2.40. The maximum absolute atomic E-state index is 5.46. The minimum Gasteiger partial charge on any atom is -0.378 e. The Labute approximate surface area is 146 Å². The van der Waals surface area contributed by atoms with E-state index in [1.807, 2.05) is 13.1 Å². The van der Waals surface area contributed by atoms with E-state index in [2.05, 4.69) is 58.0 Å². The standard InChI is InChI=1S/C19H30N4O/c1-4-5-8-11-22(3)19(20-2)21-16-17-9-6-7-10-18(17)23-12-14-24-15-13-23/h4,6-7,9-10H,1,5,8,11-16H2,2-3H3,(H,20,21). The van der Waals surface area contributed by atoms with E-state index >= 15 is 0 Å². The van der Waals surface area contributed by atoms with Crippen LogP contribution in [0.5, 0.6) is 0 Å². The van der Waals surface area contributed by atoms with Gasteiger partial charge in [-0.2, -0.15) is 0 Å². The van der Waals surface area contributed by atoms with Gasteiger partial charge in [-0.1, -0.05) is 24.3 Å². The van der Waals surface area contributed by atoms with Gasteiger partial charge >= 0.3 is 0 Å². The number of aliphatic imine (C=N–C) groups is 1. The van der Waals surface area contributed by atoms with Crippen LogP contribution in [0.3, 0.4) is 0 Å². The molecular formula is C19H30N4O. The molecule has 132 valence electrons. The third-order valence-corrected chi connectivity index (χ3v) is 4.26. The molecule has 5 nitrogen and oxygen atoms in total. The molecule has 0 atom stereocenters. The van der Waals surface area contributed by atoms with Gasteiger partial charge in [0.05, 0.1) is 13.2 Å². The number of unbranched alkanes of at least 4 members (excludes halogenated alkanes) is 1. The summed E-state index contributed by atoms with van der Waals surface area (Å²) < 4.78 is 5.46. The van der Waals surface area contributed by atoms with Crippen molar-refractivity contribution in [2.75, 3.05) is 51.8 Å². The molecule has 1 heterocycles. The van der Waals surface area contributed by atoms with Gasteiger partial charge in [0.1, 0.15) is 0 Å². The number of nitrogens with zero attached hydrogens (tertiary/aromatic N) is 3. The molecule has 5 heteroatoms. The van der Waals surface area contributed by atoms with Gasteiger partial charge in [-0.05, 0) is 24.5 Å². The maximum Gasteiger partial charge on any atom is 0.193 e. The number of hydrogen-bond acceptors (Lipinski definition) is 3. The van der Waals surface area contributed by atoms with Crippen LogP contribution in [-0.4, -0.2) is 57.8 Å². The van der Waals surface area contributed by atoms with Crippen molar-refractivity contribution in [3.05, 3.63) is 42.5 Å². The summed E-state index contributed by atoms with van der Waals surface area (Å²) in [4.78, 5) is 8.96. The van der Waals surface area contributed by atoms with Gasteiger partial charge in [-0.15, -0.1) is 6.58 Å². The first-order valence-electron chi connectivity index (χ1n) is 8.69. The van der Waals surface area contributed by atoms with E-state index in [-0.39, 0.29) is 0 Å². The van der Waals surface area contributed by atoms with E-state index in [4.69, 9.17) is 4.74 Å². The Bertz CT molecular complexity index is 538. The molecule has 1 aromatic rings. The lowest BCUT2D eigenvalue weighted by molar-refractivity contribution is 0.122. The van der Waals surface area contributed by atoms with Gasteiger partial charge in [-0.3, -0.25) is 4.99 Å². The summed E-state index contributed by atoms with van der Waals surface area (Å²) in [7, 11) is 3.91. The molecule has 0 spiro atoms. The molecule has 0 radical (unpaired) electrons. The second kappa shape index (κ2) is 9.98. The number of anilines is 1. The Hall–Kier alpha value is -2.01. The predicted molar refractivity (Wildman–Crippen MR) is 102 cm³/mol. The molecular weight excluding hydrogens is 300 g/mol. The van der Waals surface area contributed by atoms with E-state index in [1.54, 1.807) is 0 Å². The first-order chi connectivity index (χ1) is 11.8.